The van der Waals surface area contributed by atoms with E-state index in [1.165, 1.54) is 0 Å². The number of nitrogens with zero attached hydrogens (tertiary/aromatic N) is 4. The van der Waals surface area contributed by atoms with Gasteiger partial charge in [-0.2, -0.15) is 17.0 Å². The van der Waals surface area contributed by atoms with E-state index in [-0.39, 0.29) is 12.5 Å². The highest BCUT2D eigenvalue weighted by molar-refractivity contribution is 7.86. The molecule has 0 spiro atoms. The Balaban J connectivity index is 1.39. The predicted octanol–water partition coefficient (Wildman–Crippen LogP) is 2.21. The Kier molecular flexibility index (Phi) is 5.94. The summed E-state index contributed by atoms with van der Waals surface area (Å²) >= 11 is 0. The Morgan fingerprint density at radius 3 is 2.21 bits per heavy atom. The van der Waals surface area contributed by atoms with Crippen LogP contribution in [0.5, 0.6) is 0 Å². The predicted molar refractivity (Wildman–Crippen MR) is 114 cm³/mol. The lowest BCUT2D eigenvalue weighted by Crippen LogP contribution is -2.54. The van der Waals surface area contributed by atoms with Gasteiger partial charge in [0.25, 0.3) is 10.2 Å². The first-order valence-corrected chi connectivity index (χ1v) is 11.9. The molecule has 0 radical (unpaired) electrons. The molecule has 0 aliphatic carbocycles. The van der Waals surface area contributed by atoms with Gasteiger partial charge in [-0.05, 0) is 37.3 Å². The number of fused-ring (bicyclic) bond motifs is 1. The van der Waals surface area contributed by atoms with Crippen LogP contribution in [0.3, 0.4) is 0 Å². The van der Waals surface area contributed by atoms with E-state index in [1.807, 2.05) is 29.7 Å². The molecule has 0 atom stereocenters. The molecular formula is C21H30N4O3S. The van der Waals surface area contributed by atoms with Crippen molar-refractivity contribution < 1.29 is 13.2 Å². The zero-order valence-electron chi connectivity index (χ0n) is 17.1. The summed E-state index contributed by atoms with van der Waals surface area (Å²) in [7, 11) is -3.42. The number of benzene rings is 1. The fraction of sp³-hybridized carbons (Fsp3) is 0.571. The van der Waals surface area contributed by atoms with Crippen LogP contribution >= 0.6 is 0 Å². The number of hydrogen-bond acceptors (Lipinski definition) is 3. The number of rotatable bonds is 4. The maximum Gasteiger partial charge on any atom is 0.282 e. The molecule has 1 aromatic heterocycles. The first-order valence-electron chi connectivity index (χ1n) is 10.5. The third-order valence-corrected chi connectivity index (χ3v) is 8.16. The molecule has 0 bridgehead atoms. The molecule has 3 heterocycles. The van der Waals surface area contributed by atoms with Crippen LogP contribution in [0.1, 0.15) is 31.4 Å². The van der Waals surface area contributed by atoms with Crippen LogP contribution in [-0.4, -0.2) is 71.7 Å². The van der Waals surface area contributed by atoms with E-state index in [4.69, 9.17) is 0 Å². The number of hydrogen-bond donors (Lipinski definition) is 0. The lowest BCUT2D eigenvalue weighted by molar-refractivity contribution is -0.133. The van der Waals surface area contributed by atoms with Gasteiger partial charge in [-0.3, -0.25) is 4.79 Å². The van der Waals surface area contributed by atoms with E-state index >= 15 is 0 Å². The Hall–Kier alpha value is -1.90. The molecule has 4 rings (SSSR count). The standard InChI is InChI=1S/C21H30N4O3S/c1-18-16-19-8-4-5-9-20(19)25(18)17-21(26)22-12-14-24(15-13-22)29(27,28)23-10-6-2-3-7-11-23/h4-5,8-9,16H,2-3,6-7,10-15,17H2,1H3. The Morgan fingerprint density at radius 1 is 0.897 bits per heavy atom. The van der Waals surface area contributed by atoms with Gasteiger partial charge in [-0.15, -0.1) is 0 Å². The number of aryl methyl sites for hydroxylation is 1. The van der Waals surface area contributed by atoms with Crippen LogP contribution in [0.4, 0.5) is 0 Å². The minimum atomic E-state index is -3.42. The summed E-state index contributed by atoms with van der Waals surface area (Å²) in [5.41, 5.74) is 2.11. The highest BCUT2D eigenvalue weighted by atomic mass is 32.2. The molecule has 2 aliphatic heterocycles. The van der Waals surface area contributed by atoms with Crippen LogP contribution in [-0.2, 0) is 21.5 Å². The SMILES string of the molecule is Cc1cc2ccccc2n1CC(=O)N1CCN(S(=O)(=O)N2CCCCCC2)CC1. The van der Waals surface area contributed by atoms with E-state index in [0.717, 1.165) is 42.3 Å². The molecule has 7 nitrogen and oxygen atoms in total. The minimum Gasteiger partial charge on any atom is -0.339 e. The van der Waals surface area contributed by atoms with E-state index in [1.54, 1.807) is 13.5 Å². The molecule has 2 aromatic rings. The molecule has 0 unspecified atom stereocenters. The summed E-state index contributed by atoms with van der Waals surface area (Å²) < 4.78 is 31.1. The normalized spacial score (nSPS) is 20.1. The van der Waals surface area contributed by atoms with E-state index in [0.29, 0.717) is 39.3 Å². The summed E-state index contributed by atoms with van der Waals surface area (Å²) in [6, 6.07) is 10.2. The fourth-order valence-electron chi connectivity index (χ4n) is 4.40. The molecule has 2 aliphatic rings. The van der Waals surface area contributed by atoms with Crippen molar-refractivity contribution in [3.63, 3.8) is 0 Å². The van der Waals surface area contributed by atoms with Crippen molar-refractivity contribution in [1.29, 1.82) is 0 Å². The van der Waals surface area contributed by atoms with Crippen molar-refractivity contribution in [2.75, 3.05) is 39.3 Å². The minimum absolute atomic E-state index is 0.0428. The quantitative estimate of drug-likeness (QED) is 0.765. The van der Waals surface area contributed by atoms with Gasteiger partial charge in [0.1, 0.15) is 6.54 Å². The van der Waals surface area contributed by atoms with Gasteiger partial charge in [-0.25, -0.2) is 0 Å². The summed E-state index contributed by atoms with van der Waals surface area (Å²) in [5.74, 6) is 0.0428. The van der Waals surface area contributed by atoms with Crippen molar-refractivity contribution in [2.24, 2.45) is 0 Å². The first kappa shape index (κ1) is 20.4. The number of piperazine rings is 1. The molecule has 1 amide bonds. The van der Waals surface area contributed by atoms with Crippen LogP contribution in [0.15, 0.2) is 30.3 Å². The summed E-state index contributed by atoms with van der Waals surface area (Å²) in [4.78, 5) is 14.7. The van der Waals surface area contributed by atoms with Crippen molar-refractivity contribution in [2.45, 2.75) is 39.2 Å². The van der Waals surface area contributed by atoms with Crippen LogP contribution < -0.4 is 0 Å². The van der Waals surface area contributed by atoms with Gasteiger partial charge in [0.15, 0.2) is 0 Å². The van der Waals surface area contributed by atoms with Gasteiger partial charge < -0.3 is 9.47 Å². The molecule has 8 heteroatoms. The second-order valence-electron chi connectivity index (χ2n) is 8.03. The molecule has 1 aromatic carbocycles. The lowest BCUT2D eigenvalue weighted by Gasteiger charge is -2.36. The van der Waals surface area contributed by atoms with E-state index in [9.17, 15) is 13.2 Å². The third kappa shape index (κ3) is 4.20. The number of carbonyl (C=O) groups excluding carboxylic acids is 1. The zero-order chi connectivity index (χ0) is 20.4. The van der Waals surface area contributed by atoms with Gasteiger partial charge in [-0.1, -0.05) is 31.0 Å². The lowest BCUT2D eigenvalue weighted by atomic mass is 10.2. The second-order valence-corrected chi connectivity index (χ2v) is 9.96. The van der Waals surface area contributed by atoms with Crippen molar-refractivity contribution in [3.8, 4) is 0 Å². The average molecular weight is 419 g/mol. The highest BCUT2D eigenvalue weighted by Crippen LogP contribution is 2.21. The number of amides is 1. The number of aromatic nitrogens is 1. The molecule has 158 valence electrons. The summed E-state index contributed by atoms with van der Waals surface area (Å²) in [6.07, 6.45) is 4.06. The highest BCUT2D eigenvalue weighted by Gasteiger charge is 2.33. The van der Waals surface area contributed by atoms with Gasteiger partial charge in [0, 0.05) is 50.5 Å². The van der Waals surface area contributed by atoms with Gasteiger partial charge in [0.05, 0.1) is 0 Å². The van der Waals surface area contributed by atoms with Crippen LogP contribution in [0.25, 0.3) is 10.9 Å². The molecule has 2 saturated heterocycles. The number of carbonyl (C=O) groups is 1. The molecular weight excluding hydrogens is 388 g/mol. The fourth-order valence-corrected chi connectivity index (χ4v) is 6.07. The molecule has 2 fully saturated rings. The number of para-hydroxylation sites is 1. The van der Waals surface area contributed by atoms with Crippen LogP contribution in [0, 0.1) is 6.92 Å². The van der Waals surface area contributed by atoms with Crippen molar-refractivity contribution in [1.82, 2.24) is 18.1 Å². The first-order chi connectivity index (χ1) is 14.0. The molecule has 29 heavy (non-hydrogen) atoms. The van der Waals surface area contributed by atoms with Crippen molar-refractivity contribution in [3.05, 3.63) is 36.0 Å². The van der Waals surface area contributed by atoms with Crippen LogP contribution in [0.2, 0.25) is 0 Å². The average Bonchev–Trinajstić information content (AvgIpc) is 2.90. The Morgan fingerprint density at radius 2 is 1.52 bits per heavy atom. The Bertz CT molecular complexity index is 969. The van der Waals surface area contributed by atoms with Crippen molar-refractivity contribution >= 4 is 27.0 Å². The topological polar surface area (TPSA) is 65.9 Å². The monoisotopic (exact) mass is 418 g/mol. The maximum absolute atomic E-state index is 13.0. The second kappa shape index (κ2) is 8.45. The Labute approximate surface area is 173 Å². The smallest absolute Gasteiger partial charge is 0.282 e. The molecule has 0 N–H and O–H groups in total. The van der Waals surface area contributed by atoms with Gasteiger partial charge in [0.2, 0.25) is 5.91 Å². The summed E-state index contributed by atoms with van der Waals surface area (Å²) in [6.45, 7) is 5.17. The van der Waals surface area contributed by atoms with E-state index in [2.05, 4.69) is 12.1 Å². The van der Waals surface area contributed by atoms with Gasteiger partial charge >= 0.3 is 0 Å². The largest absolute Gasteiger partial charge is 0.339 e. The zero-order valence-corrected chi connectivity index (χ0v) is 17.9. The summed E-state index contributed by atoms with van der Waals surface area (Å²) in [5, 5.41) is 1.13. The van der Waals surface area contributed by atoms with E-state index < -0.39 is 10.2 Å². The molecule has 0 saturated carbocycles. The third-order valence-electron chi connectivity index (χ3n) is 6.12. The maximum atomic E-state index is 13.0.